The minimum absolute atomic E-state index is 0. The van der Waals surface area contributed by atoms with Crippen molar-refractivity contribution in [2.75, 3.05) is 18.5 Å². The third kappa shape index (κ3) is 6.36. The van der Waals surface area contributed by atoms with Gasteiger partial charge >= 0.3 is 5.97 Å². The molecule has 0 N–H and O–H groups in total. The lowest BCUT2D eigenvalue weighted by molar-refractivity contribution is -0.401. The van der Waals surface area contributed by atoms with Crippen LogP contribution >= 0.6 is 0 Å². The summed E-state index contributed by atoms with van der Waals surface area (Å²) in [6, 6.07) is 17.1. The lowest BCUT2D eigenvalue weighted by atomic mass is 9.81. The number of para-hydroxylation sites is 2. The molecule has 7 nitrogen and oxygen atoms in total. The van der Waals surface area contributed by atoms with Crippen molar-refractivity contribution in [2.45, 2.75) is 77.0 Å². The molecule has 0 radical (unpaired) electrons. The smallest absolute Gasteiger partial charge is 0.333 e. The summed E-state index contributed by atoms with van der Waals surface area (Å²) in [5, 5.41) is 0.621. The van der Waals surface area contributed by atoms with Gasteiger partial charge in [0.1, 0.15) is 7.05 Å². The lowest BCUT2D eigenvalue weighted by Gasteiger charge is -2.27. The van der Waals surface area contributed by atoms with Crippen molar-refractivity contribution in [3.8, 4) is 0 Å². The van der Waals surface area contributed by atoms with Gasteiger partial charge in [-0.05, 0) is 44.4 Å². The second-order valence-electron chi connectivity index (χ2n) is 12.5. The molecule has 5 rings (SSSR count). The number of benzene rings is 2. The lowest BCUT2D eigenvalue weighted by Crippen LogP contribution is -3.00. The van der Waals surface area contributed by atoms with Gasteiger partial charge in [-0.15, -0.1) is 5.06 Å². The monoisotopic (exact) mass is 659 g/mol. The highest BCUT2D eigenvalue weighted by molar-refractivity contribution is 6.03. The van der Waals surface area contributed by atoms with Crippen LogP contribution in [0.4, 0.5) is 11.4 Å². The van der Waals surface area contributed by atoms with E-state index in [4.69, 9.17) is 4.84 Å². The number of hydrogen-bond acceptors (Lipinski definition) is 5. The highest BCUT2D eigenvalue weighted by Crippen LogP contribution is 2.47. The Bertz CT molecular complexity index is 1550. The number of hydrogen-bond donors (Lipinski definition) is 0. The molecule has 0 atom stereocenters. The molecule has 1 fully saturated rings. The van der Waals surface area contributed by atoms with Gasteiger partial charge in [0.15, 0.2) is 5.71 Å². The largest absolute Gasteiger partial charge is 1.00 e. The topological polar surface area (TPSA) is 69.9 Å². The zero-order valence-corrected chi connectivity index (χ0v) is 27.9. The Labute approximate surface area is 271 Å². The third-order valence-electron chi connectivity index (χ3n) is 8.93. The number of amides is 2. The fourth-order valence-electron chi connectivity index (χ4n) is 6.56. The van der Waals surface area contributed by atoms with E-state index in [1.54, 1.807) is 0 Å². The number of carbonyl (C=O) groups is 3. The van der Waals surface area contributed by atoms with Gasteiger partial charge in [0.25, 0.3) is 11.8 Å². The van der Waals surface area contributed by atoms with Crippen LogP contribution in [0.15, 0.2) is 84.6 Å². The number of hydroxylamine groups is 2. The van der Waals surface area contributed by atoms with Crippen LogP contribution in [0, 0.1) is 0 Å². The first-order valence-corrected chi connectivity index (χ1v) is 15.2. The van der Waals surface area contributed by atoms with Crippen molar-refractivity contribution in [3.63, 3.8) is 0 Å². The van der Waals surface area contributed by atoms with Crippen LogP contribution in [-0.2, 0) is 30.1 Å². The molecule has 232 valence electrons. The summed E-state index contributed by atoms with van der Waals surface area (Å²) in [5.41, 5.74) is 7.43. The zero-order valence-electron chi connectivity index (χ0n) is 26.3. The SMILES string of the molecule is C[N+]1=C(C=CC=CC=C2N(CCCCCC(=O)ON3C(=O)CCC3=O)c3ccccc3C2(C)C)C(C)(C)c2ccccc21.[Br-]. The quantitative estimate of drug-likeness (QED) is 0.169. The molecule has 0 aliphatic carbocycles. The van der Waals surface area contributed by atoms with E-state index in [1.807, 2.05) is 0 Å². The summed E-state index contributed by atoms with van der Waals surface area (Å²) in [7, 11) is 2.13. The molecule has 2 amide bonds. The minimum Gasteiger partial charge on any atom is -1.00 e. The average molecular weight is 661 g/mol. The molecule has 3 heterocycles. The standard InChI is InChI=1S/C36H42N3O4.BrH/c1-35(2)26-16-11-13-18-28(26)37(5)30(35)20-8-6-9-21-31-36(3,4)27-17-12-14-19-29(27)38(31)25-15-7-10-22-34(42)43-39-32(40)23-24-33(39)41;/h6,8-9,11-14,16-21H,7,10,15,22-25H2,1-5H3;1H/q+1;/p-1. The number of imide groups is 1. The number of anilines is 1. The first-order chi connectivity index (χ1) is 20.5. The van der Waals surface area contributed by atoms with Gasteiger partial charge in [0.05, 0.1) is 5.41 Å². The molecule has 0 unspecified atom stereocenters. The van der Waals surface area contributed by atoms with Crippen molar-refractivity contribution in [1.29, 1.82) is 0 Å². The molecule has 2 aromatic carbocycles. The summed E-state index contributed by atoms with van der Waals surface area (Å²) in [6.45, 7) is 9.90. The van der Waals surface area contributed by atoms with E-state index in [9.17, 15) is 14.4 Å². The molecule has 1 saturated heterocycles. The maximum absolute atomic E-state index is 12.2. The van der Waals surface area contributed by atoms with Crippen LogP contribution in [0.2, 0.25) is 0 Å². The second-order valence-corrected chi connectivity index (χ2v) is 12.5. The van der Waals surface area contributed by atoms with Crippen LogP contribution in [0.3, 0.4) is 0 Å². The number of allylic oxidation sites excluding steroid dienone is 6. The van der Waals surface area contributed by atoms with E-state index >= 15 is 0 Å². The molecule has 0 spiro atoms. The van der Waals surface area contributed by atoms with Gasteiger partial charge in [-0.3, -0.25) is 9.59 Å². The van der Waals surface area contributed by atoms with Crippen molar-refractivity contribution >= 4 is 34.9 Å². The number of carbonyl (C=O) groups excluding carboxylic acids is 3. The van der Waals surface area contributed by atoms with E-state index in [0.29, 0.717) is 11.5 Å². The second kappa shape index (κ2) is 13.5. The predicted molar refractivity (Wildman–Crippen MR) is 169 cm³/mol. The van der Waals surface area contributed by atoms with E-state index in [0.717, 1.165) is 19.4 Å². The van der Waals surface area contributed by atoms with E-state index < -0.39 is 17.8 Å². The number of fused-ring (bicyclic) bond motifs is 2. The number of unbranched alkanes of at least 4 members (excludes halogenated alkanes) is 2. The van der Waals surface area contributed by atoms with E-state index in [1.165, 1.54) is 33.9 Å². The Morgan fingerprint density at radius 2 is 1.52 bits per heavy atom. The first kappa shape index (κ1) is 33.1. The Morgan fingerprint density at radius 3 is 2.23 bits per heavy atom. The molecule has 0 saturated carbocycles. The molecule has 8 heteroatoms. The first-order valence-electron chi connectivity index (χ1n) is 15.2. The summed E-state index contributed by atoms with van der Waals surface area (Å²) in [4.78, 5) is 42.9. The van der Waals surface area contributed by atoms with Gasteiger partial charge in [0, 0.05) is 60.3 Å². The Hall–Kier alpha value is -3.78. The summed E-state index contributed by atoms with van der Waals surface area (Å²) in [5.74, 6) is -1.43. The van der Waals surface area contributed by atoms with Gasteiger partial charge in [-0.25, -0.2) is 4.79 Å². The van der Waals surface area contributed by atoms with Crippen molar-refractivity contribution < 1.29 is 40.8 Å². The normalized spacial score (nSPS) is 19.3. The molecule has 0 aromatic heterocycles. The van der Waals surface area contributed by atoms with Crippen LogP contribution in [-0.4, -0.2) is 46.7 Å². The molecular formula is C36H42BrN3O4. The van der Waals surface area contributed by atoms with Gasteiger partial charge in [-0.2, -0.15) is 4.58 Å². The summed E-state index contributed by atoms with van der Waals surface area (Å²) in [6.07, 6.45) is 13.5. The Morgan fingerprint density at radius 1 is 0.864 bits per heavy atom. The highest BCUT2D eigenvalue weighted by Gasteiger charge is 2.42. The van der Waals surface area contributed by atoms with Crippen molar-refractivity contribution in [2.24, 2.45) is 0 Å². The van der Waals surface area contributed by atoms with Crippen LogP contribution in [0.25, 0.3) is 0 Å². The van der Waals surface area contributed by atoms with Crippen LogP contribution in [0.1, 0.15) is 77.3 Å². The third-order valence-corrected chi connectivity index (χ3v) is 8.93. The predicted octanol–water partition coefficient (Wildman–Crippen LogP) is 3.66. The number of nitrogens with zero attached hydrogens (tertiary/aromatic N) is 3. The maximum atomic E-state index is 12.2. The zero-order chi connectivity index (χ0) is 30.8. The highest BCUT2D eigenvalue weighted by atomic mass is 79.9. The fraction of sp³-hybridized carbons (Fsp3) is 0.389. The molecule has 3 aliphatic rings. The minimum atomic E-state index is -0.538. The van der Waals surface area contributed by atoms with E-state index in [2.05, 4.69) is 123 Å². The molecule has 3 aliphatic heterocycles. The number of rotatable bonds is 10. The van der Waals surface area contributed by atoms with Gasteiger partial charge < -0.3 is 26.7 Å². The van der Waals surface area contributed by atoms with Crippen molar-refractivity contribution in [3.05, 3.63) is 95.7 Å². The number of halogens is 1. The molecule has 44 heavy (non-hydrogen) atoms. The Kier molecular flexibility index (Phi) is 10.1. The van der Waals surface area contributed by atoms with Gasteiger partial charge in [0.2, 0.25) is 5.69 Å². The van der Waals surface area contributed by atoms with Crippen LogP contribution in [0.5, 0.6) is 0 Å². The van der Waals surface area contributed by atoms with Crippen molar-refractivity contribution in [1.82, 2.24) is 5.06 Å². The fourth-order valence-corrected chi connectivity index (χ4v) is 6.56. The van der Waals surface area contributed by atoms with E-state index in [-0.39, 0.29) is 47.1 Å². The summed E-state index contributed by atoms with van der Waals surface area (Å²) >= 11 is 0. The molecule has 0 bridgehead atoms. The molecular weight excluding hydrogens is 618 g/mol. The maximum Gasteiger partial charge on any atom is 0.333 e. The summed E-state index contributed by atoms with van der Waals surface area (Å²) < 4.78 is 2.28. The van der Waals surface area contributed by atoms with Crippen LogP contribution < -0.4 is 21.9 Å². The average Bonchev–Trinajstić information content (AvgIpc) is 3.48. The Balaban J connectivity index is 0.00000442. The molecule has 2 aromatic rings. The van der Waals surface area contributed by atoms with Gasteiger partial charge in [-0.1, -0.05) is 74.9 Å².